The number of hydrogen-bond donors (Lipinski definition) is 0. The lowest BCUT2D eigenvalue weighted by Gasteiger charge is -2.54. The van der Waals surface area contributed by atoms with Crippen molar-refractivity contribution in [1.82, 2.24) is 0 Å². The first-order valence-corrected chi connectivity index (χ1v) is 11.3. The summed E-state index contributed by atoms with van der Waals surface area (Å²) in [5.74, 6) is -1.60. The Bertz CT molecular complexity index is 1230. The maximum absolute atomic E-state index is 14.0. The van der Waals surface area contributed by atoms with Gasteiger partial charge in [-0.1, -0.05) is 48.5 Å². The Morgan fingerprint density at radius 1 is 0.727 bits per heavy atom. The molecule has 2 bridgehead atoms. The van der Waals surface area contributed by atoms with Crippen molar-refractivity contribution in [2.45, 2.75) is 9.75 Å². The molecule has 0 spiro atoms. The average molecular weight is 480 g/mol. The molecule has 33 heavy (non-hydrogen) atoms. The van der Waals surface area contributed by atoms with Crippen molar-refractivity contribution >= 4 is 40.7 Å². The highest BCUT2D eigenvalue weighted by molar-refractivity contribution is 6.38. The summed E-state index contributed by atoms with van der Waals surface area (Å²) < 4.78 is 10.8. The first kappa shape index (κ1) is 20.6. The van der Waals surface area contributed by atoms with E-state index in [9.17, 15) is 9.59 Å². The Morgan fingerprint density at radius 3 is 1.58 bits per heavy atom. The summed E-state index contributed by atoms with van der Waals surface area (Å²) in [6, 6.07) is 20.1. The molecule has 5 nitrogen and oxygen atoms in total. The van der Waals surface area contributed by atoms with Crippen LogP contribution in [0, 0.1) is 11.8 Å². The molecule has 0 unspecified atom stereocenters. The van der Waals surface area contributed by atoms with E-state index >= 15 is 0 Å². The Morgan fingerprint density at radius 2 is 1.18 bits per heavy atom. The molecular weight excluding hydrogens is 461 g/mol. The summed E-state index contributed by atoms with van der Waals surface area (Å²) in [5, 5.41) is 0. The zero-order chi connectivity index (χ0) is 23.1. The predicted octanol–water partition coefficient (Wildman–Crippen LogP) is 4.80. The number of amides is 2. The van der Waals surface area contributed by atoms with Crippen LogP contribution < -0.4 is 14.4 Å². The number of carbonyl (C=O) groups is 2. The molecule has 0 N–H and O–H groups in total. The Hall–Kier alpha value is -3.02. The van der Waals surface area contributed by atoms with E-state index in [1.165, 1.54) is 19.1 Å². The highest BCUT2D eigenvalue weighted by Gasteiger charge is 2.73. The number of ether oxygens (including phenoxy) is 2. The van der Waals surface area contributed by atoms with E-state index in [4.69, 9.17) is 32.7 Å². The zero-order valence-corrected chi connectivity index (χ0v) is 19.4. The largest absolute Gasteiger partial charge is 0.497 e. The van der Waals surface area contributed by atoms with E-state index < -0.39 is 33.4 Å². The van der Waals surface area contributed by atoms with Crippen molar-refractivity contribution in [3.05, 3.63) is 89.0 Å². The second-order valence-corrected chi connectivity index (χ2v) is 9.71. The van der Waals surface area contributed by atoms with E-state index in [-0.39, 0.29) is 0 Å². The molecule has 1 fully saturated rings. The molecule has 2 amide bonds. The Balaban J connectivity index is 1.62. The quantitative estimate of drug-likeness (QED) is 0.399. The predicted molar refractivity (Wildman–Crippen MR) is 125 cm³/mol. The maximum atomic E-state index is 14.0. The highest BCUT2D eigenvalue weighted by Crippen LogP contribution is 2.69. The van der Waals surface area contributed by atoms with Gasteiger partial charge in [-0.05, 0) is 34.4 Å². The number of alkyl halides is 2. The summed E-state index contributed by atoms with van der Waals surface area (Å²) >= 11 is 14.9. The molecule has 3 aromatic rings. The van der Waals surface area contributed by atoms with Crippen LogP contribution in [-0.2, 0) is 19.3 Å². The van der Waals surface area contributed by atoms with Crippen molar-refractivity contribution in [2.75, 3.05) is 19.1 Å². The van der Waals surface area contributed by atoms with Crippen LogP contribution in [0.1, 0.15) is 22.3 Å². The van der Waals surface area contributed by atoms with Crippen molar-refractivity contribution in [2.24, 2.45) is 11.8 Å². The first-order valence-electron chi connectivity index (χ1n) is 10.6. The Labute approximate surface area is 200 Å². The standard InChI is InChI=1S/C26H19Cl2NO4/c1-32-14-11-12-19(20(13-14)33-2)29-23(30)21-22(24(29)31)26(28)16-8-4-3-7-15(16)25(21,27)17-9-5-6-10-18(17)26/h3-13,21-22H,1-2H3/t21-,22+,25?,26?. The van der Waals surface area contributed by atoms with Gasteiger partial charge in [0.1, 0.15) is 21.2 Å². The molecule has 166 valence electrons. The summed E-state index contributed by atoms with van der Waals surface area (Å²) in [6.07, 6.45) is 0. The maximum Gasteiger partial charge on any atom is 0.240 e. The van der Waals surface area contributed by atoms with Crippen LogP contribution in [0.3, 0.4) is 0 Å². The van der Waals surface area contributed by atoms with Gasteiger partial charge in [0.15, 0.2) is 0 Å². The molecule has 3 aromatic carbocycles. The third-order valence-electron chi connectivity index (χ3n) is 7.21. The number of imide groups is 1. The third-order valence-corrected chi connectivity index (χ3v) is 8.50. The smallest absolute Gasteiger partial charge is 0.240 e. The molecule has 1 aliphatic heterocycles. The van der Waals surface area contributed by atoms with Crippen molar-refractivity contribution in [1.29, 1.82) is 0 Å². The summed E-state index contributed by atoms with van der Waals surface area (Å²) in [6.45, 7) is 0. The van der Waals surface area contributed by atoms with Crippen LogP contribution in [0.4, 0.5) is 5.69 Å². The molecule has 4 aliphatic rings. The van der Waals surface area contributed by atoms with Crippen molar-refractivity contribution in [3.8, 4) is 11.5 Å². The van der Waals surface area contributed by atoms with Gasteiger partial charge in [0.05, 0.1) is 31.7 Å². The molecule has 3 aliphatic carbocycles. The molecule has 2 atom stereocenters. The van der Waals surface area contributed by atoms with Gasteiger partial charge in [0.25, 0.3) is 0 Å². The fourth-order valence-corrected chi connectivity index (χ4v) is 6.97. The van der Waals surface area contributed by atoms with Crippen molar-refractivity contribution in [3.63, 3.8) is 0 Å². The zero-order valence-electron chi connectivity index (χ0n) is 17.8. The summed E-state index contributed by atoms with van der Waals surface area (Å²) in [4.78, 5) is 26.8. The fraction of sp³-hybridized carbons (Fsp3) is 0.231. The topological polar surface area (TPSA) is 55.8 Å². The van der Waals surface area contributed by atoms with E-state index in [0.29, 0.717) is 17.2 Å². The van der Waals surface area contributed by atoms with Crippen LogP contribution in [0.25, 0.3) is 0 Å². The number of carbonyl (C=O) groups excluding carboxylic acids is 2. The van der Waals surface area contributed by atoms with E-state index in [1.54, 1.807) is 18.2 Å². The van der Waals surface area contributed by atoms with Crippen LogP contribution in [0.15, 0.2) is 66.7 Å². The molecule has 0 radical (unpaired) electrons. The van der Waals surface area contributed by atoms with Crippen LogP contribution >= 0.6 is 23.2 Å². The molecule has 7 heteroatoms. The minimum absolute atomic E-state index is 0.343. The summed E-state index contributed by atoms with van der Waals surface area (Å²) in [7, 11) is 3.02. The lowest BCUT2D eigenvalue weighted by atomic mass is 9.54. The molecule has 1 heterocycles. The van der Waals surface area contributed by atoms with E-state index in [1.807, 2.05) is 48.5 Å². The molecule has 7 rings (SSSR count). The number of rotatable bonds is 3. The van der Waals surface area contributed by atoms with Gasteiger partial charge in [-0.3, -0.25) is 9.59 Å². The summed E-state index contributed by atoms with van der Waals surface area (Å²) in [5.41, 5.74) is 3.42. The van der Waals surface area contributed by atoms with E-state index in [2.05, 4.69) is 0 Å². The normalized spacial score (nSPS) is 28.9. The lowest BCUT2D eigenvalue weighted by Crippen LogP contribution is -2.57. The number of hydrogen-bond acceptors (Lipinski definition) is 4. The lowest BCUT2D eigenvalue weighted by molar-refractivity contribution is -0.122. The number of benzene rings is 3. The van der Waals surface area contributed by atoms with Crippen LogP contribution in [0.5, 0.6) is 11.5 Å². The number of nitrogens with zero attached hydrogens (tertiary/aromatic N) is 1. The first-order chi connectivity index (χ1) is 15.9. The Kier molecular flexibility index (Phi) is 4.21. The molecular formula is C26H19Cl2NO4. The average Bonchev–Trinajstić information content (AvgIpc) is 3.13. The minimum atomic E-state index is -1.21. The van der Waals surface area contributed by atoms with Crippen LogP contribution in [0.2, 0.25) is 0 Å². The SMILES string of the molecule is COc1ccc(N2C(=O)[C@@H]3[C@H](C2=O)C2(Cl)c4ccccc4C3(Cl)c3ccccc32)c(OC)c1. The monoisotopic (exact) mass is 479 g/mol. The molecule has 0 saturated carbocycles. The van der Waals surface area contributed by atoms with E-state index in [0.717, 1.165) is 22.3 Å². The second kappa shape index (κ2) is 6.75. The number of halogens is 2. The van der Waals surface area contributed by atoms with Crippen LogP contribution in [-0.4, -0.2) is 26.0 Å². The van der Waals surface area contributed by atoms with Gasteiger partial charge in [-0.15, -0.1) is 23.2 Å². The highest BCUT2D eigenvalue weighted by atomic mass is 35.5. The minimum Gasteiger partial charge on any atom is -0.497 e. The second-order valence-electron chi connectivity index (χ2n) is 8.52. The number of anilines is 1. The third kappa shape index (κ3) is 2.29. The van der Waals surface area contributed by atoms with Gasteiger partial charge < -0.3 is 9.47 Å². The molecule has 1 saturated heterocycles. The number of methoxy groups -OCH3 is 2. The fourth-order valence-electron chi connectivity index (χ4n) is 5.87. The molecule has 0 aromatic heterocycles. The van der Waals surface area contributed by atoms with Gasteiger partial charge in [0.2, 0.25) is 11.8 Å². The van der Waals surface area contributed by atoms with Gasteiger partial charge in [-0.2, -0.15) is 0 Å². The van der Waals surface area contributed by atoms with Crippen molar-refractivity contribution < 1.29 is 19.1 Å². The van der Waals surface area contributed by atoms with Gasteiger partial charge >= 0.3 is 0 Å². The van der Waals surface area contributed by atoms with Gasteiger partial charge in [-0.25, -0.2) is 4.90 Å². The van der Waals surface area contributed by atoms with Gasteiger partial charge in [0, 0.05) is 6.07 Å².